The molecule has 0 spiro atoms. The van der Waals surface area contributed by atoms with Crippen molar-refractivity contribution in [1.82, 2.24) is 20.2 Å². The molecule has 0 bridgehead atoms. The fourth-order valence-electron chi connectivity index (χ4n) is 3.16. The smallest absolute Gasteiger partial charge is 0.300 e. The number of carbonyl (C=O) groups excluding carboxylic acids is 1. The molecule has 6 N–H and O–H groups in total. The summed E-state index contributed by atoms with van der Waals surface area (Å²) in [5.74, 6) is -1.32. The van der Waals surface area contributed by atoms with E-state index >= 15 is 0 Å². The number of nitrogens with one attached hydrogen (secondary N) is 1. The molecule has 168 valence electrons. The summed E-state index contributed by atoms with van der Waals surface area (Å²) in [6, 6.07) is -0.298. The Morgan fingerprint density at radius 2 is 1.83 bits per heavy atom. The molecule has 1 amide bonds. The van der Waals surface area contributed by atoms with Gasteiger partial charge in [-0.25, -0.2) is 9.97 Å². The molecular formula is C19H31N5O6. The van der Waals surface area contributed by atoms with Gasteiger partial charge in [0.05, 0.1) is 12.6 Å². The van der Waals surface area contributed by atoms with Crippen LogP contribution in [0.25, 0.3) is 0 Å². The van der Waals surface area contributed by atoms with E-state index in [1.807, 2.05) is 6.20 Å². The van der Waals surface area contributed by atoms with Crippen molar-refractivity contribution >= 4 is 17.8 Å². The summed E-state index contributed by atoms with van der Waals surface area (Å²) in [4.78, 5) is 41.2. The molecule has 1 saturated carbocycles. The minimum absolute atomic E-state index is 0.0759. The summed E-state index contributed by atoms with van der Waals surface area (Å²) >= 11 is 0. The average Bonchev–Trinajstić information content (AvgIpc) is 2.97. The minimum atomic E-state index is -0.833. The summed E-state index contributed by atoms with van der Waals surface area (Å²) in [6.45, 7) is 4.36. The van der Waals surface area contributed by atoms with Gasteiger partial charge >= 0.3 is 0 Å². The van der Waals surface area contributed by atoms with Crippen LogP contribution < -0.4 is 11.1 Å². The number of aromatic nitrogens is 2. The Morgan fingerprint density at radius 1 is 1.23 bits per heavy atom. The molecular weight excluding hydrogens is 394 g/mol. The van der Waals surface area contributed by atoms with Crippen LogP contribution in [0, 0.1) is 5.92 Å². The van der Waals surface area contributed by atoms with Gasteiger partial charge in [-0.15, -0.1) is 0 Å². The van der Waals surface area contributed by atoms with Gasteiger partial charge in [-0.3, -0.25) is 14.4 Å². The Hall–Kier alpha value is -2.63. The topological polar surface area (TPSA) is 179 Å². The third-order valence-electron chi connectivity index (χ3n) is 4.54. The fraction of sp³-hybridized carbons (Fsp3) is 0.632. The number of carboxylic acid groups (broad SMARTS) is 2. The van der Waals surface area contributed by atoms with Crippen molar-refractivity contribution in [3.63, 3.8) is 0 Å². The first-order chi connectivity index (χ1) is 14.0. The van der Waals surface area contributed by atoms with Crippen LogP contribution in [0.15, 0.2) is 6.20 Å². The highest BCUT2D eigenvalue weighted by Crippen LogP contribution is 2.24. The highest BCUT2D eigenvalue weighted by Gasteiger charge is 2.34. The number of fused-ring (bicyclic) bond motifs is 1. The monoisotopic (exact) mass is 425 g/mol. The standard InChI is InChI=1S/C15H23N5O2.2C2H4O2/c1-20-3-2-12-10(8-20)6-17-14(19-12)7-18-15(22)9-4-11(16)13(21)5-9;2*1-2(3)4/h6,9,11,13,21H,2-5,7-8,16H2,1H3,(H,18,22);2*1H3,(H,3,4)/t9-,11+,13+;;/m0../s1. The van der Waals surface area contributed by atoms with E-state index in [1.165, 1.54) is 0 Å². The fourth-order valence-corrected chi connectivity index (χ4v) is 3.16. The maximum atomic E-state index is 12.1. The number of carboxylic acids is 2. The van der Waals surface area contributed by atoms with Gasteiger partial charge in [-0.1, -0.05) is 0 Å². The normalized spacial score (nSPS) is 22.5. The van der Waals surface area contributed by atoms with Crippen LogP contribution in [0.1, 0.15) is 43.8 Å². The van der Waals surface area contributed by atoms with Gasteiger partial charge in [0, 0.05) is 62.8 Å². The minimum Gasteiger partial charge on any atom is -0.481 e. The molecule has 1 aliphatic carbocycles. The molecule has 0 unspecified atom stereocenters. The number of nitrogens with zero attached hydrogens (tertiary/aromatic N) is 3. The molecule has 30 heavy (non-hydrogen) atoms. The van der Waals surface area contributed by atoms with E-state index in [4.69, 9.17) is 25.5 Å². The third kappa shape index (κ3) is 9.25. The van der Waals surface area contributed by atoms with Gasteiger partial charge in [-0.05, 0) is 19.9 Å². The lowest BCUT2D eigenvalue weighted by molar-refractivity contribution is -0.135. The lowest BCUT2D eigenvalue weighted by Crippen LogP contribution is -2.31. The van der Waals surface area contributed by atoms with Crippen LogP contribution in [0.2, 0.25) is 0 Å². The van der Waals surface area contributed by atoms with Crippen LogP contribution in [0.3, 0.4) is 0 Å². The average molecular weight is 425 g/mol. The largest absolute Gasteiger partial charge is 0.481 e. The Kier molecular flexibility index (Phi) is 10.3. The zero-order valence-corrected chi connectivity index (χ0v) is 17.5. The maximum absolute atomic E-state index is 12.1. The van der Waals surface area contributed by atoms with Gasteiger partial charge in [0.2, 0.25) is 5.91 Å². The number of nitrogens with two attached hydrogens (primary N) is 1. The van der Waals surface area contributed by atoms with Gasteiger partial charge < -0.3 is 31.3 Å². The van der Waals surface area contributed by atoms with E-state index in [1.54, 1.807) is 0 Å². The number of aliphatic carboxylic acids is 2. The highest BCUT2D eigenvalue weighted by atomic mass is 16.4. The maximum Gasteiger partial charge on any atom is 0.300 e. The molecule has 11 heteroatoms. The molecule has 2 aliphatic rings. The van der Waals surface area contributed by atoms with E-state index in [9.17, 15) is 9.90 Å². The van der Waals surface area contributed by atoms with Crippen LogP contribution in [-0.2, 0) is 33.9 Å². The van der Waals surface area contributed by atoms with Crippen molar-refractivity contribution in [3.8, 4) is 0 Å². The van der Waals surface area contributed by atoms with Gasteiger partial charge in [0.1, 0.15) is 5.82 Å². The molecule has 0 aromatic carbocycles. The molecule has 0 saturated heterocycles. The van der Waals surface area contributed by atoms with Crippen LogP contribution in [-0.4, -0.2) is 73.8 Å². The number of rotatable bonds is 3. The summed E-state index contributed by atoms with van der Waals surface area (Å²) < 4.78 is 0. The summed E-state index contributed by atoms with van der Waals surface area (Å²) in [7, 11) is 2.08. The van der Waals surface area contributed by atoms with Crippen LogP contribution in [0.4, 0.5) is 0 Å². The quantitative estimate of drug-likeness (QED) is 0.418. The molecule has 11 nitrogen and oxygen atoms in total. The summed E-state index contributed by atoms with van der Waals surface area (Å²) in [6.07, 6.45) is 3.16. The molecule has 1 aromatic rings. The first-order valence-corrected chi connectivity index (χ1v) is 9.62. The number of aliphatic hydroxyl groups is 1. The first-order valence-electron chi connectivity index (χ1n) is 9.62. The number of carbonyl (C=O) groups is 3. The Labute approximate surface area is 175 Å². The SMILES string of the molecule is CC(=O)O.CC(=O)O.CN1CCc2nc(CNC(=O)[C@H]3C[C@@H](N)[C@H](O)C3)ncc2C1. The van der Waals surface area contributed by atoms with E-state index in [-0.39, 0.29) is 17.9 Å². The van der Waals surface area contributed by atoms with Gasteiger partial charge in [0.25, 0.3) is 11.9 Å². The van der Waals surface area contributed by atoms with Gasteiger partial charge in [0.15, 0.2) is 0 Å². The molecule has 1 aliphatic heterocycles. The molecule has 3 atom stereocenters. The number of aliphatic hydroxyl groups excluding tert-OH is 1. The number of hydrogen-bond donors (Lipinski definition) is 5. The predicted octanol–water partition coefficient (Wildman–Crippen LogP) is -0.639. The van der Waals surface area contributed by atoms with E-state index in [2.05, 4.69) is 27.2 Å². The van der Waals surface area contributed by atoms with E-state index in [0.717, 1.165) is 44.6 Å². The number of hydrogen-bond acceptors (Lipinski definition) is 8. The van der Waals surface area contributed by atoms with Gasteiger partial charge in [-0.2, -0.15) is 0 Å². The van der Waals surface area contributed by atoms with Crippen molar-refractivity contribution in [3.05, 3.63) is 23.3 Å². The van der Waals surface area contributed by atoms with Crippen LogP contribution in [0.5, 0.6) is 0 Å². The van der Waals surface area contributed by atoms with Crippen molar-refractivity contribution in [1.29, 1.82) is 0 Å². The zero-order valence-electron chi connectivity index (χ0n) is 17.5. The van der Waals surface area contributed by atoms with Crippen LogP contribution >= 0.6 is 0 Å². The number of amides is 1. The molecule has 0 radical (unpaired) electrons. The summed E-state index contributed by atoms with van der Waals surface area (Å²) in [5.41, 5.74) is 7.98. The Morgan fingerprint density at radius 3 is 2.37 bits per heavy atom. The second-order valence-corrected chi connectivity index (χ2v) is 7.40. The second kappa shape index (κ2) is 12.2. The summed E-state index contributed by atoms with van der Waals surface area (Å²) in [5, 5.41) is 27.3. The lowest BCUT2D eigenvalue weighted by atomic mass is 10.1. The van der Waals surface area contributed by atoms with E-state index in [0.29, 0.717) is 25.2 Å². The lowest BCUT2D eigenvalue weighted by Gasteiger charge is -2.23. The first kappa shape index (κ1) is 25.4. The second-order valence-electron chi connectivity index (χ2n) is 7.40. The van der Waals surface area contributed by atoms with Crippen molar-refractivity contribution in [2.24, 2.45) is 11.7 Å². The third-order valence-corrected chi connectivity index (χ3v) is 4.54. The highest BCUT2D eigenvalue weighted by molar-refractivity contribution is 5.79. The predicted molar refractivity (Wildman–Crippen MR) is 107 cm³/mol. The Bertz CT molecular complexity index is 714. The number of likely N-dealkylation sites (N-methyl/N-ethyl adjacent to an activating group) is 1. The molecule has 3 rings (SSSR count). The Balaban J connectivity index is 0.000000485. The van der Waals surface area contributed by atoms with E-state index < -0.39 is 18.0 Å². The molecule has 2 heterocycles. The van der Waals surface area contributed by atoms with Crippen molar-refractivity contribution in [2.75, 3.05) is 13.6 Å². The zero-order chi connectivity index (χ0) is 22.8. The van der Waals surface area contributed by atoms with Crippen molar-refractivity contribution in [2.45, 2.75) is 58.3 Å². The molecule has 1 aromatic heterocycles. The van der Waals surface area contributed by atoms with Crippen molar-refractivity contribution < 1.29 is 29.7 Å². The molecule has 1 fully saturated rings.